The maximum atomic E-state index is 12.2. The summed E-state index contributed by atoms with van der Waals surface area (Å²) in [7, 11) is 1.71. The van der Waals surface area contributed by atoms with Crippen molar-refractivity contribution in [2.24, 2.45) is 0 Å². The molecule has 2 rings (SSSR count). The van der Waals surface area contributed by atoms with Crippen LogP contribution >= 0.6 is 11.3 Å². The van der Waals surface area contributed by atoms with Gasteiger partial charge in [-0.3, -0.25) is 4.79 Å². The summed E-state index contributed by atoms with van der Waals surface area (Å²) >= 11 is 1.35. The van der Waals surface area contributed by atoms with Crippen molar-refractivity contribution in [2.45, 2.75) is 6.42 Å². The Bertz CT molecular complexity index is 510. The highest BCUT2D eigenvalue weighted by molar-refractivity contribution is 7.12. The van der Waals surface area contributed by atoms with E-state index in [4.69, 9.17) is 5.11 Å². The summed E-state index contributed by atoms with van der Waals surface area (Å²) in [5.41, 5.74) is 0.672. The first-order chi connectivity index (χ1) is 8.74. The average Bonchev–Trinajstić information content (AvgIpc) is 3.03. The minimum Gasteiger partial charge on any atom is -0.396 e. The predicted molar refractivity (Wildman–Crippen MR) is 65.7 cm³/mol. The molecule has 0 aliphatic carbocycles. The smallest absolute Gasteiger partial charge is 0.265 e. The van der Waals surface area contributed by atoms with Crippen molar-refractivity contribution in [3.8, 4) is 5.69 Å². The molecular formula is C10H13N5O2S. The topological polar surface area (TPSA) is 84.1 Å². The summed E-state index contributed by atoms with van der Waals surface area (Å²) in [6, 6.07) is 1.80. The Morgan fingerprint density at radius 1 is 1.61 bits per heavy atom. The summed E-state index contributed by atoms with van der Waals surface area (Å²) in [5.74, 6) is -0.0936. The quantitative estimate of drug-likeness (QED) is 0.835. The fourth-order valence-corrected chi connectivity index (χ4v) is 2.37. The van der Waals surface area contributed by atoms with Crippen LogP contribution in [0.25, 0.3) is 5.69 Å². The number of aliphatic hydroxyl groups is 1. The van der Waals surface area contributed by atoms with Gasteiger partial charge in [0.2, 0.25) is 0 Å². The van der Waals surface area contributed by atoms with Gasteiger partial charge in [0, 0.05) is 20.2 Å². The van der Waals surface area contributed by atoms with Crippen LogP contribution in [-0.4, -0.2) is 56.3 Å². The summed E-state index contributed by atoms with van der Waals surface area (Å²) in [6.07, 6.45) is 2.01. The second kappa shape index (κ2) is 5.69. The highest BCUT2D eigenvalue weighted by Crippen LogP contribution is 2.21. The molecule has 7 nitrogen and oxygen atoms in total. The van der Waals surface area contributed by atoms with E-state index in [9.17, 15) is 4.79 Å². The number of nitrogens with zero attached hydrogens (tertiary/aromatic N) is 5. The molecule has 0 unspecified atom stereocenters. The largest absolute Gasteiger partial charge is 0.396 e. The lowest BCUT2D eigenvalue weighted by Crippen LogP contribution is -2.28. The number of thiophene rings is 1. The van der Waals surface area contributed by atoms with Crippen LogP contribution in [0.1, 0.15) is 16.1 Å². The lowest BCUT2D eigenvalue weighted by Gasteiger charge is -2.16. The molecule has 0 radical (unpaired) electrons. The van der Waals surface area contributed by atoms with Crippen molar-refractivity contribution in [3.05, 3.63) is 22.7 Å². The molecule has 0 bridgehead atoms. The third kappa shape index (κ3) is 2.54. The van der Waals surface area contributed by atoms with Gasteiger partial charge in [-0.25, -0.2) is 0 Å². The number of aliphatic hydroxyl groups excluding tert-OH is 1. The van der Waals surface area contributed by atoms with Crippen molar-refractivity contribution in [1.29, 1.82) is 0 Å². The third-order valence-corrected chi connectivity index (χ3v) is 3.32. The van der Waals surface area contributed by atoms with E-state index in [2.05, 4.69) is 15.5 Å². The molecule has 0 saturated carbocycles. The van der Waals surface area contributed by atoms with E-state index in [1.54, 1.807) is 18.0 Å². The first-order valence-corrected chi connectivity index (χ1v) is 6.29. The Morgan fingerprint density at radius 3 is 3.11 bits per heavy atom. The van der Waals surface area contributed by atoms with Crippen LogP contribution in [0.15, 0.2) is 17.8 Å². The van der Waals surface area contributed by atoms with E-state index in [1.165, 1.54) is 22.3 Å². The van der Waals surface area contributed by atoms with E-state index in [-0.39, 0.29) is 12.5 Å². The summed E-state index contributed by atoms with van der Waals surface area (Å²) in [5, 5.41) is 21.5. The Labute approximate surface area is 108 Å². The van der Waals surface area contributed by atoms with Crippen molar-refractivity contribution < 1.29 is 9.90 Å². The standard InChI is InChI=1S/C10H13N5O2S/c1-14(4-2-5-16)10(17)9-8(3-6-18-9)15-7-11-12-13-15/h3,6-7,16H,2,4-5H2,1H3. The maximum absolute atomic E-state index is 12.2. The number of carbonyl (C=O) groups excluding carboxylic acids is 1. The number of carbonyl (C=O) groups is 1. The Hall–Kier alpha value is -1.80. The van der Waals surface area contributed by atoms with Gasteiger partial charge in [0.25, 0.3) is 5.91 Å². The van der Waals surface area contributed by atoms with Crippen LogP contribution in [0, 0.1) is 0 Å². The number of aromatic nitrogens is 4. The predicted octanol–water partition coefficient (Wildman–Crippen LogP) is 0.178. The molecule has 0 aromatic carbocycles. The number of hydrogen-bond donors (Lipinski definition) is 1. The molecule has 1 amide bonds. The number of hydrogen-bond acceptors (Lipinski definition) is 6. The van der Waals surface area contributed by atoms with E-state index < -0.39 is 0 Å². The van der Waals surface area contributed by atoms with Gasteiger partial charge in [-0.05, 0) is 28.3 Å². The van der Waals surface area contributed by atoms with Crippen molar-refractivity contribution in [2.75, 3.05) is 20.2 Å². The Balaban J connectivity index is 2.19. The molecule has 2 aromatic rings. The lowest BCUT2D eigenvalue weighted by molar-refractivity contribution is 0.0791. The van der Waals surface area contributed by atoms with Gasteiger partial charge in [0.15, 0.2) is 0 Å². The van der Waals surface area contributed by atoms with Crippen LogP contribution in [-0.2, 0) is 0 Å². The Kier molecular flexibility index (Phi) is 4.00. The molecule has 2 aromatic heterocycles. The summed E-state index contributed by atoms with van der Waals surface area (Å²) < 4.78 is 1.46. The molecule has 18 heavy (non-hydrogen) atoms. The number of rotatable bonds is 5. The van der Waals surface area contributed by atoms with Crippen molar-refractivity contribution >= 4 is 17.2 Å². The van der Waals surface area contributed by atoms with Crippen LogP contribution < -0.4 is 0 Å². The van der Waals surface area contributed by atoms with Gasteiger partial charge in [0.1, 0.15) is 11.2 Å². The maximum Gasteiger partial charge on any atom is 0.265 e. The number of amides is 1. The van der Waals surface area contributed by atoms with E-state index in [1.807, 2.05) is 5.38 Å². The zero-order valence-electron chi connectivity index (χ0n) is 9.85. The molecule has 2 heterocycles. The SMILES string of the molecule is CN(CCCO)C(=O)c1sccc1-n1cnnn1. The molecule has 0 atom stereocenters. The molecule has 96 valence electrons. The fourth-order valence-electron chi connectivity index (χ4n) is 1.50. The van der Waals surface area contributed by atoms with Gasteiger partial charge >= 0.3 is 0 Å². The normalized spacial score (nSPS) is 10.6. The van der Waals surface area contributed by atoms with Gasteiger partial charge in [-0.1, -0.05) is 0 Å². The second-order valence-electron chi connectivity index (χ2n) is 3.69. The molecule has 0 saturated heterocycles. The van der Waals surface area contributed by atoms with Gasteiger partial charge < -0.3 is 10.0 Å². The van der Waals surface area contributed by atoms with Crippen molar-refractivity contribution in [3.63, 3.8) is 0 Å². The molecule has 8 heteroatoms. The molecular weight excluding hydrogens is 254 g/mol. The average molecular weight is 267 g/mol. The van der Waals surface area contributed by atoms with Crippen LogP contribution in [0.4, 0.5) is 0 Å². The van der Waals surface area contributed by atoms with Crippen molar-refractivity contribution in [1.82, 2.24) is 25.1 Å². The van der Waals surface area contributed by atoms with E-state index in [0.717, 1.165) is 0 Å². The molecule has 1 N–H and O–H groups in total. The zero-order valence-corrected chi connectivity index (χ0v) is 10.7. The van der Waals surface area contributed by atoms with Crippen LogP contribution in [0.5, 0.6) is 0 Å². The van der Waals surface area contributed by atoms with Crippen LogP contribution in [0.2, 0.25) is 0 Å². The number of tetrazole rings is 1. The van der Waals surface area contributed by atoms with E-state index in [0.29, 0.717) is 23.5 Å². The zero-order chi connectivity index (χ0) is 13.0. The second-order valence-corrected chi connectivity index (χ2v) is 4.61. The Morgan fingerprint density at radius 2 is 2.44 bits per heavy atom. The molecule has 0 spiro atoms. The minimum atomic E-state index is -0.0936. The summed E-state index contributed by atoms with van der Waals surface area (Å²) in [6.45, 7) is 0.587. The first-order valence-electron chi connectivity index (χ1n) is 5.41. The van der Waals surface area contributed by atoms with E-state index >= 15 is 0 Å². The third-order valence-electron chi connectivity index (χ3n) is 2.43. The molecule has 0 fully saturated rings. The first kappa shape index (κ1) is 12.7. The summed E-state index contributed by atoms with van der Waals surface area (Å²) in [4.78, 5) is 14.4. The highest BCUT2D eigenvalue weighted by atomic mass is 32.1. The van der Waals surface area contributed by atoms with Crippen LogP contribution in [0.3, 0.4) is 0 Å². The minimum absolute atomic E-state index is 0.0713. The fraction of sp³-hybridized carbons (Fsp3) is 0.400. The monoisotopic (exact) mass is 267 g/mol. The van der Waals surface area contributed by atoms with Gasteiger partial charge in [-0.15, -0.1) is 16.4 Å². The molecule has 0 aliphatic heterocycles. The lowest BCUT2D eigenvalue weighted by atomic mass is 10.3. The van der Waals surface area contributed by atoms with Gasteiger partial charge in [-0.2, -0.15) is 4.68 Å². The molecule has 0 aliphatic rings. The van der Waals surface area contributed by atoms with Gasteiger partial charge in [0.05, 0.1) is 5.69 Å². The highest BCUT2D eigenvalue weighted by Gasteiger charge is 2.18.